The van der Waals surface area contributed by atoms with Crippen molar-refractivity contribution < 1.29 is 28.1 Å². The van der Waals surface area contributed by atoms with E-state index in [9.17, 15) is 18.9 Å². The standard InChI is InChI=1S/C26H36N2O6S/c1-3-4-9-23(24(29)19-35(32)18-22-8-7-16-33-22)28-25(30)10-5-6-15-27-26(31)17-34-21-13-11-20(2)12-14-21/h7-8,11-14,16,23H,3-6,9-10,15,17-19H2,1-2H3,(H,27,31)(H,28,30)/t23-,35-/m0/s1. The van der Waals surface area contributed by atoms with Gasteiger partial charge in [-0.15, -0.1) is 0 Å². The number of unbranched alkanes of at least 4 members (excludes halogenated alkanes) is 2. The van der Waals surface area contributed by atoms with Gasteiger partial charge in [-0.1, -0.05) is 37.5 Å². The molecule has 0 unspecified atom stereocenters. The molecule has 0 fully saturated rings. The zero-order valence-corrected chi connectivity index (χ0v) is 21.4. The van der Waals surface area contributed by atoms with Gasteiger partial charge in [0.25, 0.3) is 5.91 Å². The van der Waals surface area contributed by atoms with Gasteiger partial charge in [-0.3, -0.25) is 14.4 Å². The number of hydrogen-bond donors (Lipinski definition) is 2. The predicted octanol–water partition coefficient (Wildman–Crippen LogP) is 3.45. The van der Waals surface area contributed by atoms with Crippen LogP contribution in [0, 0.1) is 6.92 Å². The average Bonchev–Trinajstić information content (AvgIpc) is 3.33. The molecule has 2 atom stereocenters. The molecule has 0 aliphatic heterocycles. The number of rotatable bonds is 17. The quantitative estimate of drug-likeness (QED) is 0.251. The van der Waals surface area contributed by atoms with Crippen LogP contribution in [-0.2, 0) is 31.3 Å². The second-order valence-corrected chi connectivity index (χ2v) is 9.90. The molecule has 35 heavy (non-hydrogen) atoms. The Kier molecular flexibility index (Phi) is 13.0. The molecular formula is C26H36N2O6S. The summed E-state index contributed by atoms with van der Waals surface area (Å²) in [4.78, 5) is 36.9. The number of hydrogen-bond acceptors (Lipinski definition) is 6. The molecule has 2 amide bonds. The van der Waals surface area contributed by atoms with Gasteiger partial charge in [0, 0.05) is 13.0 Å². The summed E-state index contributed by atoms with van der Waals surface area (Å²) in [5.41, 5.74) is 1.12. The van der Waals surface area contributed by atoms with Gasteiger partial charge in [-0.05, 0) is 61.6 Å². The summed E-state index contributed by atoms with van der Waals surface area (Å²) in [7, 11) is 0. The van der Waals surface area contributed by atoms with Crippen molar-refractivity contribution in [2.24, 2.45) is 0 Å². The zero-order valence-electron chi connectivity index (χ0n) is 20.5. The third-order valence-corrected chi connectivity index (χ3v) is 6.51. The second kappa shape index (κ2) is 16.0. The number of nitrogens with one attached hydrogen (secondary N) is 2. The van der Waals surface area contributed by atoms with Gasteiger partial charge in [0.1, 0.15) is 5.75 Å². The van der Waals surface area contributed by atoms with Crippen molar-refractivity contribution in [2.75, 3.05) is 18.9 Å². The molecule has 9 heteroatoms. The minimum atomic E-state index is -1.39. The molecule has 1 aromatic heterocycles. The second-order valence-electron chi connectivity index (χ2n) is 8.45. The summed E-state index contributed by atoms with van der Waals surface area (Å²) in [6.45, 7) is 4.37. The van der Waals surface area contributed by atoms with Crippen LogP contribution >= 0.6 is 0 Å². The van der Waals surface area contributed by atoms with Crippen molar-refractivity contribution >= 4 is 28.8 Å². The number of ether oxygens (including phenoxy) is 1. The first-order valence-electron chi connectivity index (χ1n) is 12.0. The first kappa shape index (κ1) is 28.5. The first-order chi connectivity index (χ1) is 16.9. The van der Waals surface area contributed by atoms with Crippen molar-refractivity contribution in [1.82, 2.24) is 10.6 Å². The number of furan rings is 1. The van der Waals surface area contributed by atoms with Gasteiger partial charge in [-0.2, -0.15) is 0 Å². The molecule has 0 bridgehead atoms. The summed E-state index contributed by atoms with van der Waals surface area (Å²) in [5.74, 6) is 0.602. The van der Waals surface area contributed by atoms with E-state index in [1.54, 1.807) is 12.1 Å². The Hall–Kier alpha value is -2.78. The molecule has 2 N–H and O–H groups in total. The van der Waals surface area contributed by atoms with Gasteiger partial charge in [0.05, 0.1) is 12.3 Å². The lowest BCUT2D eigenvalue weighted by Gasteiger charge is -2.18. The monoisotopic (exact) mass is 504 g/mol. The molecule has 0 aliphatic carbocycles. The Bertz CT molecular complexity index is 901. The van der Waals surface area contributed by atoms with Crippen LogP contribution in [0.25, 0.3) is 0 Å². The third kappa shape index (κ3) is 12.0. The number of aryl methyl sites for hydroxylation is 1. The Morgan fingerprint density at radius 1 is 1.09 bits per heavy atom. The lowest BCUT2D eigenvalue weighted by atomic mass is 10.1. The molecule has 0 aliphatic rings. The van der Waals surface area contributed by atoms with E-state index in [0.717, 1.165) is 18.4 Å². The van der Waals surface area contributed by atoms with Crippen molar-refractivity contribution in [3.8, 4) is 5.75 Å². The number of benzene rings is 1. The molecule has 1 heterocycles. The van der Waals surface area contributed by atoms with Crippen LogP contribution < -0.4 is 15.4 Å². The number of ketones is 1. The molecule has 2 aromatic rings. The number of carbonyl (C=O) groups excluding carboxylic acids is 3. The van der Waals surface area contributed by atoms with Crippen LogP contribution in [0.3, 0.4) is 0 Å². The van der Waals surface area contributed by atoms with Gasteiger partial charge < -0.3 is 24.3 Å². The highest BCUT2D eigenvalue weighted by Crippen LogP contribution is 2.12. The molecule has 0 radical (unpaired) electrons. The fourth-order valence-corrected chi connectivity index (χ4v) is 4.43. The van der Waals surface area contributed by atoms with Gasteiger partial charge in [0.2, 0.25) is 11.7 Å². The maximum atomic E-state index is 12.7. The predicted molar refractivity (Wildman–Crippen MR) is 135 cm³/mol. The molecule has 192 valence electrons. The van der Waals surface area contributed by atoms with Gasteiger partial charge >= 0.3 is 0 Å². The molecule has 0 saturated carbocycles. The Morgan fingerprint density at radius 3 is 2.54 bits per heavy atom. The van der Waals surface area contributed by atoms with E-state index >= 15 is 0 Å². The highest BCUT2D eigenvalue weighted by Gasteiger charge is 2.25. The fourth-order valence-electron chi connectivity index (χ4n) is 3.32. The largest absolute Gasteiger partial charge is 0.616 e. The minimum Gasteiger partial charge on any atom is -0.616 e. The van der Waals surface area contributed by atoms with Crippen molar-refractivity contribution in [3.63, 3.8) is 0 Å². The van der Waals surface area contributed by atoms with Crippen molar-refractivity contribution in [3.05, 3.63) is 54.0 Å². The Morgan fingerprint density at radius 2 is 1.86 bits per heavy atom. The topological polar surface area (TPSA) is 121 Å². The van der Waals surface area contributed by atoms with Crippen molar-refractivity contribution in [2.45, 2.75) is 64.2 Å². The number of Topliss-reactive ketones (excluding diaryl/α,β-unsaturated/α-hetero) is 1. The highest BCUT2D eigenvalue weighted by atomic mass is 32.2. The van der Waals surface area contributed by atoms with E-state index in [0.29, 0.717) is 37.3 Å². The minimum absolute atomic E-state index is 0.0634. The smallest absolute Gasteiger partial charge is 0.257 e. The van der Waals surface area contributed by atoms with E-state index < -0.39 is 17.2 Å². The SMILES string of the molecule is CCCC[C@H](NC(=O)CCCCNC(=O)COc1ccc(C)cc1)C(=O)C[S@@+]([O-])Cc1ccco1. The number of carbonyl (C=O) groups is 3. The molecule has 8 nitrogen and oxygen atoms in total. The van der Waals surface area contributed by atoms with Crippen molar-refractivity contribution in [1.29, 1.82) is 0 Å². The van der Waals surface area contributed by atoms with E-state index in [-0.39, 0.29) is 42.1 Å². The summed E-state index contributed by atoms with van der Waals surface area (Å²) in [5, 5.41) is 5.58. The molecular weight excluding hydrogens is 468 g/mol. The third-order valence-electron chi connectivity index (χ3n) is 5.30. The Balaban J connectivity index is 1.64. The molecule has 0 saturated heterocycles. The van der Waals surface area contributed by atoms with Gasteiger partial charge in [-0.25, -0.2) is 0 Å². The van der Waals surface area contributed by atoms with Crippen LogP contribution in [0.4, 0.5) is 0 Å². The van der Waals surface area contributed by atoms with Crippen LogP contribution in [0.5, 0.6) is 5.75 Å². The zero-order chi connectivity index (χ0) is 25.5. The lowest BCUT2D eigenvalue weighted by Crippen LogP contribution is -2.43. The van der Waals surface area contributed by atoms with E-state index in [1.165, 1.54) is 6.26 Å². The molecule has 0 spiro atoms. The van der Waals surface area contributed by atoms with Crippen LogP contribution in [-0.4, -0.2) is 47.1 Å². The normalized spacial score (nSPS) is 12.5. The van der Waals surface area contributed by atoms with Gasteiger partial charge in [0.15, 0.2) is 23.9 Å². The maximum Gasteiger partial charge on any atom is 0.257 e. The van der Waals surface area contributed by atoms with Crippen LogP contribution in [0.15, 0.2) is 47.1 Å². The van der Waals surface area contributed by atoms with Crippen LogP contribution in [0.1, 0.15) is 56.8 Å². The summed E-state index contributed by atoms with van der Waals surface area (Å²) in [6.07, 6.45) is 5.16. The maximum absolute atomic E-state index is 12.7. The molecule has 1 aromatic carbocycles. The molecule has 2 rings (SSSR count). The number of amides is 2. The summed E-state index contributed by atoms with van der Waals surface area (Å²) >= 11 is -1.39. The average molecular weight is 505 g/mol. The summed E-state index contributed by atoms with van der Waals surface area (Å²) < 4.78 is 22.9. The first-order valence-corrected chi connectivity index (χ1v) is 13.5. The lowest BCUT2D eigenvalue weighted by molar-refractivity contribution is -0.127. The Labute approximate surface area is 210 Å². The van der Waals surface area contributed by atoms with E-state index in [4.69, 9.17) is 9.15 Å². The summed E-state index contributed by atoms with van der Waals surface area (Å²) in [6, 6.07) is 10.3. The van der Waals surface area contributed by atoms with Crippen LogP contribution in [0.2, 0.25) is 0 Å². The highest BCUT2D eigenvalue weighted by molar-refractivity contribution is 7.91. The van der Waals surface area contributed by atoms with E-state index in [2.05, 4.69) is 10.6 Å². The fraction of sp³-hybridized carbons (Fsp3) is 0.500. The van der Waals surface area contributed by atoms with E-state index in [1.807, 2.05) is 38.1 Å².